The molecule has 5 nitrogen and oxygen atoms in total. The highest BCUT2D eigenvalue weighted by atomic mass is 16.3. The Morgan fingerprint density at radius 2 is 1.18 bits per heavy atom. The van der Waals surface area contributed by atoms with E-state index < -0.39 is 0 Å². The topological polar surface area (TPSA) is 51.1 Å². The summed E-state index contributed by atoms with van der Waals surface area (Å²) >= 11 is 0. The first kappa shape index (κ1) is 30.7. The van der Waals surface area contributed by atoms with E-state index in [4.69, 9.17) is 11.0 Å². The molecule has 0 amide bonds. The molecule has 0 fully saturated rings. The molecule has 0 spiro atoms. The van der Waals surface area contributed by atoms with Gasteiger partial charge in [0, 0.05) is 49.3 Å². The Labute approximate surface area is 315 Å². The molecule has 0 bridgehead atoms. The van der Waals surface area contributed by atoms with Crippen molar-refractivity contribution in [2.45, 2.75) is 0 Å². The van der Waals surface area contributed by atoms with Gasteiger partial charge in [0.15, 0.2) is 5.69 Å². The molecule has 8 aromatic carbocycles. The van der Waals surface area contributed by atoms with E-state index in [1.165, 1.54) is 10.8 Å². The van der Waals surface area contributed by atoms with Crippen molar-refractivity contribution in [1.29, 1.82) is 5.26 Å². The minimum atomic E-state index is 0.454. The maximum atomic E-state index is 10.1. The van der Waals surface area contributed by atoms with Gasteiger partial charge in [-0.25, -0.2) is 4.85 Å². The van der Waals surface area contributed by atoms with Gasteiger partial charge < -0.3 is 13.6 Å². The number of rotatable bonds is 4. The summed E-state index contributed by atoms with van der Waals surface area (Å²) in [6.07, 6.45) is 0. The largest absolute Gasteiger partial charge is 0.455 e. The van der Waals surface area contributed by atoms with Crippen LogP contribution in [0.1, 0.15) is 5.56 Å². The molecule has 3 aromatic heterocycles. The van der Waals surface area contributed by atoms with Crippen molar-refractivity contribution in [3.8, 4) is 39.7 Å². The summed E-state index contributed by atoms with van der Waals surface area (Å²) < 4.78 is 11.4. The molecule has 5 heteroatoms. The fourth-order valence-electron chi connectivity index (χ4n) is 8.66. The third-order valence-corrected chi connectivity index (χ3v) is 11.0. The van der Waals surface area contributed by atoms with Gasteiger partial charge in [-0.1, -0.05) is 109 Å². The molecule has 0 aliphatic carbocycles. The molecule has 11 aromatic rings. The number of nitriles is 1. The summed E-state index contributed by atoms with van der Waals surface area (Å²) in [6.45, 7) is 7.91. The molecular weight excluding hydrogens is 673 g/mol. The Kier molecular flexibility index (Phi) is 6.61. The lowest BCUT2D eigenvalue weighted by Crippen LogP contribution is -2.01. The van der Waals surface area contributed by atoms with E-state index in [9.17, 15) is 5.26 Å². The summed E-state index contributed by atoms with van der Waals surface area (Å²) in [4.78, 5) is 3.80. The number of hydrogen-bond acceptors (Lipinski definition) is 2. The van der Waals surface area contributed by atoms with Crippen LogP contribution in [0.25, 0.3) is 104 Å². The highest BCUT2D eigenvalue weighted by Crippen LogP contribution is 2.44. The van der Waals surface area contributed by atoms with Crippen molar-refractivity contribution in [2.75, 3.05) is 0 Å². The fraction of sp³-hybridized carbons (Fsp3) is 0. The lowest BCUT2D eigenvalue weighted by molar-refractivity contribution is 0.673. The first-order chi connectivity index (χ1) is 27.2. The van der Waals surface area contributed by atoms with Crippen LogP contribution in [0, 0.1) is 17.9 Å². The second-order valence-electron chi connectivity index (χ2n) is 13.9. The smallest absolute Gasteiger partial charge is 0.196 e. The van der Waals surface area contributed by atoms with E-state index >= 15 is 0 Å². The zero-order valence-corrected chi connectivity index (χ0v) is 29.4. The van der Waals surface area contributed by atoms with Crippen LogP contribution < -0.4 is 0 Å². The number of nitrogens with zero attached hydrogens (tertiary/aromatic N) is 4. The van der Waals surface area contributed by atoms with Gasteiger partial charge in [0.2, 0.25) is 0 Å². The van der Waals surface area contributed by atoms with Gasteiger partial charge in [0.1, 0.15) is 11.2 Å². The van der Waals surface area contributed by atoms with Crippen LogP contribution in [0.5, 0.6) is 0 Å². The van der Waals surface area contributed by atoms with Crippen LogP contribution in [0.15, 0.2) is 174 Å². The molecule has 11 rings (SSSR count). The number of para-hydroxylation sites is 4. The Bertz CT molecular complexity index is 3390. The molecule has 0 atom stereocenters. The molecule has 55 heavy (non-hydrogen) atoms. The van der Waals surface area contributed by atoms with Gasteiger partial charge in [-0.05, 0) is 71.8 Å². The summed E-state index contributed by atoms with van der Waals surface area (Å²) in [5.74, 6) is 0. The van der Waals surface area contributed by atoms with Crippen molar-refractivity contribution in [3.63, 3.8) is 0 Å². The molecule has 254 valence electrons. The molecule has 3 heterocycles. The molecule has 0 radical (unpaired) electrons. The zero-order chi connectivity index (χ0) is 36.6. The second kappa shape index (κ2) is 11.8. The minimum Gasteiger partial charge on any atom is -0.455 e. The first-order valence-corrected chi connectivity index (χ1v) is 18.2. The first-order valence-electron chi connectivity index (χ1n) is 18.2. The lowest BCUT2D eigenvalue weighted by atomic mass is 9.94. The standard InChI is InChI=1S/C50H28N4O/c1-52-41-19-11-14-33(30-51)48(41)32-13-10-12-31(28-32)35-25-24-34(53-42-20-6-2-15-36(42)37-16-3-7-21-43(37)53)29-46(35)54-44-22-8-4-18-40(44)49-45(54)27-26-39-38-17-5-9-23-47(38)55-50(39)49/h2-29H. The van der Waals surface area contributed by atoms with E-state index in [1.54, 1.807) is 18.2 Å². The van der Waals surface area contributed by atoms with Crippen LogP contribution in [-0.4, -0.2) is 9.13 Å². The van der Waals surface area contributed by atoms with Crippen LogP contribution in [-0.2, 0) is 0 Å². The Balaban J connectivity index is 1.25. The summed E-state index contributed by atoms with van der Waals surface area (Å²) in [5, 5.41) is 16.8. The number of benzene rings is 8. The highest BCUT2D eigenvalue weighted by molar-refractivity contribution is 6.24. The average molecular weight is 701 g/mol. The molecular formula is C50H28N4O. The average Bonchev–Trinajstić information content (AvgIpc) is 3.91. The quantitative estimate of drug-likeness (QED) is 0.172. The molecule has 0 aliphatic heterocycles. The van der Waals surface area contributed by atoms with Gasteiger partial charge in [0.25, 0.3) is 0 Å². The fourth-order valence-corrected chi connectivity index (χ4v) is 8.66. The number of aromatic nitrogens is 2. The summed E-state index contributed by atoms with van der Waals surface area (Å²) in [5.41, 5.74) is 12.5. The monoisotopic (exact) mass is 700 g/mol. The van der Waals surface area contributed by atoms with Gasteiger partial charge in [-0.3, -0.25) is 0 Å². The van der Waals surface area contributed by atoms with Crippen molar-refractivity contribution in [2.24, 2.45) is 0 Å². The third kappa shape index (κ3) is 4.45. The minimum absolute atomic E-state index is 0.454. The second-order valence-corrected chi connectivity index (χ2v) is 13.9. The van der Waals surface area contributed by atoms with E-state index in [0.717, 1.165) is 82.8 Å². The number of fused-ring (bicyclic) bond motifs is 10. The highest BCUT2D eigenvalue weighted by Gasteiger charge is 2.22. The number of hydrogen-bond donors (Lipinski definition) is 0. The normalized spacial score (nSPS) is 11.6. The van der Waals surface area contributed by atoms with E-state index in [-0.39, 0.29) is 0 Å². The van der Waals surface area contributed by atoms with Gasteiger partial charge >= 0.3 is 0 Å². The van der Waals surface area contributed by atoms with Gasteiger partial charge in [0.05, 0.1) is 45.8 Å². The van der Waals surface area contributed by atoms with Crippen molar-refractivity contribution in [3.05, 3.63) is 187 Å². The molecule has 0 saturated heterocycles. The van der Waals surface area contributed by atoms with E-state index in [2.05, 4.69) is 147 Å². The van der Waals surface area contributed by atoms with Gasteiger partial charge in [-0.15, -0.1) is 0 Å². The van der Waals surface area contributed by atoms with Crippen molar-refractivity contribution >= 4 is 71.2 Å². The maximum Gasteiger partial charge on any atom is 0.196 e. The van der Waals surface area contributed by atoms with Crippen LogP contribution in [0.3, 0.4) is 0 Å². The summed E-state index contributed by atoms with van der Waals surface area (Å²) in [6, 6.07) is 60.9. The van der Waals surface area contributed by atoms with Crippen molar-refractivity contribution < 1.29 is 4.42 Å². The maximum absolute atomic E-state index is 10.1. The Hall–Kier alpha value is -7.86. The van der Waals surface area contributed by atoms with Crippen LogP contribution in [0.4, 0.5) is 5.69 Å². The predicted octanol–water partition coefficient (Wildman–Crippen LogP) is 13.5. The molecule has 0 saturated carbocycles. The van der Waals surface area contributed by atoms with Crippen molar-refractivity contribution in [1.82, 2.24) is 9.13 Å². The molecule has 0 N–H and O–H groups in total. The van der Waals surface area contributed by atoms with Gasteiger partial charge in [-0.2, -0.15) is 5.26 Å². The molecule has 0 unspecified atom stereocenters. The molecule has 0 aliphatic rings. The SMILES string of the molecule is [C-]#[N+]c1cccc(C#N)c1-c1cccc(-c2ccc(-n3c4ccccc4c4ccccc43)cc2-n2c3ccccc3c3c4oc5ccccc5c4ccc32)c1. The third-order valence-electron chi connectivity index (χ3n) is 11.0. The van der Waals surface area contributed by atoms with E-state index in [0.29, 0.717) is 16.8 Å². The predicted molar refractivity (Wildman–Crippen MR) is 224 cm³/mol. The van der Waals surface area contributed by atoms with E-state index in [1.807, 2.05) is 24.3 Å². The zero-order valence-electron chi connectivity index (χ0n) is 29.4. The van der Waals surface area contributed by atoms with Crippen LogP contribution in [0.2, 0.25) is 0 Å². The van der Waals surface area contributed by atoms with Crippen LogP contribution >= 0.6 is 0 Å². The summed E-state index contributed by atoms with van der Waals surface area (Å²) in [7, 11) is 0. The number of furan rings is 1. The Morgan fingerprint density at radius 3 is 1.93 bits per heavy atom. The lowest BCUT2D eigenvalue weighted by Gasteiger charge is -2.18. The Morgan fingerprint density at radius 1 is 0.527 bits per heavy atom.